The van der Waals surface area contributed by atoms with Gasteiger partial charge in [0.15, 0.2) is 0 Å². The minimum atomic E-state index is -4.81. The number of thiol groups is 1. The predicted octanol–water partition coefficient (Wildman–Crippen LogP) is -1.05. The fourth-order valence-electron chi connectivity index (χ4n) is 3.55. The van der Waals surface area contributed by atoms with Crippen LogP contribution in [0.5, 0.6) is 0 Å². The monoisotopic (exact) mass is 410 g/mol. The Morgan fingerprint density at radius 1 is 1.42 bits per heavy atom. The van der Waals surface area contributed by atoms with E-state index in [0.29, 0.717) is 30.4 Å². The molecule has 0 unspecified atom stereocenters. The highest BCUT2D eigenvalue weighted by Crippen LogP contribution is 2.30. The third kappa shape index (κ3) is 4.40. The van der Waals surface area contributed by atoms with E-state index in [1.54, 1.807) is 0 Å². The molecule has 13 heteroatoms. The lowest BCUT2D eigenvalue weighted by Crippen LogP contribution is -2.50. The first-order chi connectivity index (χ1) is 12.3. The van der Waals surface area contributed by atoms with E-state index in [2.05, 4.69) is 27.7 Å². The van der Waals surface area contributed by atoms with E-state index in [-0.39, 0.29) is 12.6 Å². The molecule has 0 aromatic heterocycles. The quantitative estimate of drug-likeness (QED) is 0.237. The van der Waals surface area contributed by atoms with E-state index in [1.165, 1.54) is 4.90 Å². The Morgan fingerprint density at radius 2 is 2.19 bits per heavy atom. The Hall–Kier alpha value is -1.12. The largest absolute Gasteiger partial charge is 0.418 e. The molecule has 0 radical (unpaired) electrons. The summed E-state index contributed by atoms with van der Waals surface area (Å²) < 4.78 is 34.8. The van der Waals surface area contributed by atoms with Crippen LogP contribution >= 0.6 is 12.6 Å². The number of amides is 3. The molecular weight excluding hydrogens is 388 g/mol. The van der Waals surface area contributed by atoms with E-state index in [1.807, 2.05) is 0 Å². The Kier molecular flexibility index (Phi) is 5.94. The van der Waals surface area contributed by atoms with Gasteiger partial charge in [0.05, 0.1) is 12.6 Å². The molecule has 3 N–H and O–H groups in total. The third-order valence-corrected chi connectivity index (χ3v) is 5.69. The smallest absolute Gasteiger partial charge is 0.311 e. The number of rotatable bonds is 7. The predicted molar refractivity (Wildman–Crippen MR) is 91.2 cm³/mol. The average Bonchev–Trinajstić information content (AvgIpc) is 3.13. The number of carbonyl (C=O) groups is 2. The van der Waals surface area contributed by atoms with Gasteiger partial charge in [0.2, 0.25) is 0 Å². The Balaban J connectivity index is 1.49. The van der Waals surface area contributed by atoms with Crippen LogP contribution in [0.4, 0.5) is 4.79 Å². The molecule has 3 fully saturated rings. The summed E-state index contributed by atoms with van der Waals surface area (Å²) in [5, 5.41) is 3.88. The van der Waals surface area contributed by atoms with Gasteiger partial charge in [-0.3, -0.25) is 14.2 Å². The lowest BCUT2D eigenvalue weighted by molar-refractivity contribution is -0.139. The summed E-state index contributed by atoms with van der Waals surface area (Å²) in [5.74, 6) is 0.793. The number of carbonyl (C=O) groups excluding carboxylic acids is 2. The van der Waals surface area contributed by atoms with Gasteiger partial charge in [0.25, 0.3) is 5.91 Å². The molecule has 0 aromatic rings. The van der Waals surface area contributed by atoms with Crippen molar-refractivity contribution in [1.82, 2.24) is 20.8 Å². The van der Waals surface area contributed by atoms with Gasteiger partial charge in [-0.2, -0.15) is 26.1 Å². The van der Waals surface area contributed by atoms with E-state index in [0.717, 1.165) is 18.7 Å². The summed E-state index contributed by atoms with van der Waals surface area (Å²) in [7, 11) is -4.81. The highest BCUT2D eigenvalue weighted by molar-refractivity contribution is 7.80. The van der Waals surface area contributed by atoms with Crippen LogP contribution in [0.25, 0.3) is 0 Å². The van der Waals surface area contributed by atoms with Crippen molar-refractivity contribution in [3.05, 3.63) is 0 Å². The molecular formula is C13H22N4O7S2. The number of piperidine rings is 1. The zero-order valence-corrected chi connectivity index (χ0v) is 15.6. The molecule has 3 amide bonds. The molecule has 3 heterocycles. The Bertz CT molecular complexity index is 661. The molecule has 0 aliphatic carbocycles. The summed E-state index contributed by atoms with van der Waals surface area (Å²) in [6.07, 6.45) is 1.61. The van der Waals surface area contributed by atoms with Crippen molar-refractivity contribution in [2.24, 2.45) is 5.92 Å². The highest BCUT2D eigenvalue weighted by Gasteiger charge is 2.49. The third-order valence-electron chi connectivity index (χ3n) is 4.83. The van der Waals surface area contributed by atoms with E-state index < -0.39 is 34.4 Å². The van der Waals surface area contributed by atoms with E-state index in [9.17, 15) is 18.0 Å². The van der Waals surface area contributed by atoms with E-state index >= 15 is 0 Å². The summed E-state index contributed by atoms with van der Waals surface area (Å²) in [5.41, 5.74) is 2.36. The van der Waals surface area contributed by atoms with Crippen molar-refractivity contribution < 1.29 is 31.7 Å². The van der Waals surface area contributed by atoms with Crippen molar-refractivity contribution in [3.63, 3.8) is 0 Å². The number of fused-ring (bicyclic) bond motifs is 2. The molecule has 148 valence electrons. The van der Waals surface area contributed by atoms with Gasteiger partial charge in [-0.15, -0.1) is 4.28 Å². The summed E-state index contributed by atoms with van der Waals surface area (Å²) in [6, 6.07) is -1.96. The fraction of sp³-hybridized carbons (Fsp3) is 0.846. The first kappa shape index (κ1) is 19.6. The van der Waals surface area contributed by atoms with Crippen LogP contribution in [-0.4, -0.2) is 78.4 Å². The molecule has 11 nitrogen and oxygen atoms in total. The number of hydrogen-bond donors (Lipinski definition) is 4. The van der Waals surface area contributed by atoms with Crippen LogP contribution in [-0.2, 0) is 24.3 Å². The Labute approximate surface area is 156 Å². The van der Waals surface area contributed by atoms with Crippen molar-refractivity contribution in [2.75, 3.05) is 25.4 Å². The van der Waals surface area contributed by atoms with Crippen LogP contribution in [0.15, 0.2) is 0 Å². The first-order valence-corrected chi connectivity index (χ1v) is 10.3. The zero-order valence-electron chi connectivity index (χ0n) is 13.9. The number of nitrogens with zero attached hydrogens (tertiary/aromatic N) is 2. The van der Waals surface area contributed by atoms with Gasteiger partial charge >= 0.3 is 16.4 Å². The molecule has 2 bridgehead atoms. The molecule has 3 saturated heterocycles. The SMILES string of the molecule is O=C(NOC[C@H]1C[C@@H](CS)CN1)[C@@H]1CC[C@@H]2CN1C(=O)N2OS(=O)(=O)O. The van der Waals surface area contributed by atoms with Crippen molar-refractivity contribution >= 4 is 35.0 Å². The Morgan fingerprint density at radius 3 is 2.85 bits per heavy atom. The van der Waals surface area contributed by atoms with Crippen molar-refractivity contribution in [3.8, 4) is 0 Å². The summed E-state index contributed by atoms with van der Waals surface area (Å²) >= 11 is 4.26. The minimum Gasteiger partial charge on any atom is -0.311 e. The molecule has 3 rings (SSSR count). The molecule has 3 aliphatic heterocycles. The second kappa shape index (κ2) is 7.86. The number of nitrogens with one attached hydrogen (secondary N) is 2. The summed E-state index contributed by atoms with van der Waals surface area (Å²) in [6.45, 7) is 1.30. The average molecular weight is 410 g/mol. The van der Waals surface area contributed by atoms with Crippen LogP contribution < -0.4 is 10.8 Å². The van der Waals surface area contributed by atoms with Gasteiger partial charge in [-0.05, 0) is 37.5 Å². The molecule has 0 spiro atoms. The van der Waals surface area contributed by atoms with Gasteiger partial charge in [-0.1, -0.05) is 0 Å². The maximum absolute atomic E-state index is 12.3. The lowest BCUT2D eigenvalue weighted by Gasteiger charge is -2.29. The first-order valence-electron chi connectivity index (χ1n) is 8.31. The summed E-state index contributed by atoms with van der Waals surface area (Å²) in [4.78, 5) is 31.1. The lowest BCUT2D eigenvalue weighted by atomic mass is 10.0. The maximum atomic E-state index is 12.3. The topological polar surface area (TPSA) is 138 Å². The maximum Gasteiger partial charge on any atom is 0.418 e. The second-order valence-corrected chi connectivity index (χ2v) is 8.05. The van der Waals surface area contributed by atoms with Crippen molar-refractivity contribution in [2.45, 2.75) is 37.4 Å². The van der Waals surface area contributed by atoms with Gasteiger partial charge in [0, 0.05) is 12.6 Å². The fourth-order valence-corrected chi connectivity index (χ4v) is 4.22. The number of urea groups is 1. The highest BCUT2D eigenvalue weighted by atomic mass is 32.3. The van der Waals surface area contributed by atoms with E-state index in [4.69, 9.17) is 9.39 Å². The number of hydroxylamine groups is 3. The molecule has 0 saturated carbocycles. The molecule has 3 aliphatic rings. The molecule has 26 heavy (non-hydrogen) atoms. The van der Waals surface area contributed by atoms with Gasteiger partial charge < -0.3 is 10.2 Å². The van der Waals surface area contributed by atoms with Crippen LogP contribution in [0.3, 0.4) is 0 Å². The normalized spacial score (nSPS) is 31.5. The minimum absolute atomic E-state index is 0.134. The van der Waals surface area contributed by atoms with Crippen LogP contribution in [0, 0.1) is 5.92 Å². The van der Waals surface area contributed by atoms with Crippen LogP contribution in [0.1, 0.15) is 19.3 Å². The van der Waals surface area contributed by atoms with Gasteiger partial charge in [0.1, 0.15) is 6.04 Å². The van der Waals surface area contributed by atoms with Crippen LogP contribution in [0.2, 0.25) is 0 Å². The number of hydrogen-bond acceptors (Lipinski definition) is 8. The molecule has 4 atom stereocenters. The zero-order chi connectivity index (χ0) is 18.9. The second-order valence-electron chi connectivity index (χ2n) is 6.68. The molecule has 0 aromatic carbocycles. The van der Waals surface area contributed by atoms with Gasteiger partial charge in [-0.25, -0.2) is 10.3 Å². The van der Waals surface area contributed by atoms with Crippen molar-refractivity contribution in [1.29, 1.82) is 0 Å². The standard InChI is InChI=1S/C13H22N4O7S2/c18-12(15-23-6-9-3-8(7-25)4-14-9)11-2-1-10-5-16(11)13(19)17(10)24-26(20,21)22/h8-11,14,25H,1-7H2,(H,15,18)(H,20,21,22)/t8-,9-,10-,11+/m1/s1.